The predicted molar refractivity (Wildman–Crippen MR) is 122 cm³/mol. The van der Waals surface area contributed by atoms with E-state index in [1.165, 1.54) is 22.8 Å². The van der Waals surface area contributed by atoms with E-state index in [-0.39, 0.29) is 17.9 Å². The smallest absolute Gasteiger partial charge is 0.274 e. The molecule has 160 valence electrons. The van der Waals surface area contributed by atoms with E-state index in [0.717, 1.165) is 5.56 Å². The first-order valence-corrected chi connectivity index (χ1v) is 11.3. The Morgan fingerprint density at radius 3 is 2.65 bits per heavy atom. The SMILES string of the molecule is CC(C)NC(=O)[C@]1(Cc2ccc(-c3cccs3)cc2)CCN(C(=O)c2cnccn2)C1. The van der Waals surface area contributed by atoms with Gasteiger partial charge >= 0.3 is 0 Å². The number of carbonyl (C=O) groups is 2. The second-order valence-electron chi connectivity index (χ2n) is 8.33. The van der Waals surface area contributed by atoms with Gasteiger partial charge in [-0.2, -0.15) is 0 Å². The minimum atomic E-state index is -0.660. The molecule has 7 heteroatoms. The summed E-state index contributed by atoms with van der Waals surface area (Å²) in [5.41, 5.74) is 1.91. The van der Waals surface area contributed by atoms with Crippen molar-refractivity contribution in [3.05, 3.63) is 71.6 Å². The Balaban J connectivity index is 1.56. The molecule has 0 radical (unpaired) electrons. The summed E-state index contributed by atoms with van der Waals surface area (Å²) >= 11 is 1.71. The van der Waals surface area contributed by atoms with Crippen LogP contribution in [0.5, 0.6) is 0 Å². The number of nitrogens with one attached hydrogen (secondary N) is 1. The molecule has 0 saturated carbocycles. The van der Waals surface area contributed by atoms with Gasteiger partial charge in [-0.25, -0.2) is 4.98 Å². The lowest BCUT2D eigenvalue weighted by Crippen LogP contribution is -2.47. The standard InChI is InChI=1S/C24H26N4O2S/c1-17(2)27-23(30)24(9-12-28(16-24)22(29)20-15-25-10-11-26-20)14-18-5-7-19(8-6-18)21-4-3-13-31-21/h3-8,10-11,13,15,17H,9,12,14,16H2,1-2H3,(H,27,30)/t24-/m0/s1. The molecule has 3 heterocycles. The van der Waals surface area contributed by atoms with Crippen LogP contribution in [0.25, 0.3) is 10.4 Å². The number of aromatic nitrogens is 2. The van der Waals surface area contributed by atoms with E-state index in [0.29, 0.717) is 31.6 Å². The normalized spacial score (nSPS) is 18.4. The third-order valence-corrected chi connectivity index (χ3v) is 6.55. The lowest BCUT2D eigenvalue weighted by Gasteiger charge is -2.29. The predicted octanol–water partition coefficient (Wildman–Crippen LogP) is 3.80. The third kappa shape index (κ3) is 4.66. The van der Waals surface area contributed by atoms with Gasteiger partial charge in [0, 0.05) is 36.4 Å². The number of carbonyl (C=O) groups excluding carboxylic acids is 2. The van der Waals surface area contributed by atoms with Gasteiger partial charge in [-0.15, -0.1) is 11.3 Å². The van der Waals surface area contributed by atoms with E-state index < -0.39 is 5.41 Å². The Hall–Kier alpha value is -3.06. The Bertz CT molecular complexity index is 1040. The molecule has 1 saturated heterocycles. The summed E-state index contributed by atoms with van der Waals surface area (Å²) in [6.07, 6.45) is 5.72. The van der Waals surface area contributed by atoms with Crippen LogP contribution in [0, 0.1) is 5.41 Å². The van der Waals surface area contributed by atoms with Crippen LogP contribution in [0.3, 0.4) is 0 Å². The van der Waals surface area contributed by atoms with Crippen LogP contribution in [0.2, 0.25) is 0 Å². The van der Waals surface area contributed by atoms with E-state index in [2.05, 4.69) is 51.0 Å². The van der Waals surface area contributed by atoms with E-state index in [1.54, 1.807) is 22.4 Å². The summed E-state index contributed by atoms with van der Waals surface area (Å²) in [6.45, 7) is 4.81. The van der Waals surface area contributed by atoms with E-state index >= 15 is 0 Å². The van der Waals surface area contributed by atoms with E-state index in [9.17, 15) is 9.59 Å². The zero-order valence-electron chi connectivity index (χ0n) is 17.7. The van der Waals surface area contributed by atoms with Gasteiger partial charge in [0.05, 0.1) is 11.6 Å². The number of thiophene rings is 1. The van der Waals surface area contributed by atoms with Crippen molar-refractivity contribution in [3.63, 3.8) is 0 Å². The fourth-order valence-corrected chi connectivity index (χ4v) is 4.80. The van der Waals surface area contributed by atoms with Gasteiger partial charge in [0.15, 0.2) is 0 Å². The maximum atomic E-state index is 13.3. The molecule has 2 amide bonds. The molecule has 1 N–H and O–H groups in total. The molecule has 31 heavy (non-hydrogen) atoms. The van der Waals surface area contributed by atoms with Crippen LogP contribution in [-0.4, -0.2) is 45.8 Å². The highest BCUT2D eigenvalue weighted by atomic mass is 32.1. The van der Waals surface area contributed by atoms with Crippen LogP contribution in [0.4, 0.5) is 0 Å². The summed E-state index contributed by atoms with van der Waals surface area (Å²) in [5.74, 6) is -0.181. The second-order valence-corrected chi connectivity index (χ2v) is 9.27. The van der Waals surface area contributed by atoms with Crippen LogP contribution in [-0.2, 0) is 11.2 Å². The molecule has 3 aromatic rings. The molecule has 1 aromatic carbocycles. The Labute approximate surface area is 186 Å². The molecule has 4 rings (SSSR count). The molecule has 1 atom stereocenters. The summed E-state index contributed by atoms with van der Waals surface area (Å²) in [6, 6.07) is 12.6. The van der Waals surface area contributed by atoms with Crippen molar-refractivity contribution in [2.45, 2.75) is 32.7 Å². The number of hydrogen-bond donors (Lipinski definition) is 1. The molecule has 0 aliphatic carbocycles. The van der Waals surface area contributed by atoms with Crippen LogP contribution < -0.4 is 5.32 Å². The van der Waals surface area contributed by atoms with Crippen molar-refractivity contribution in [2.24, 2.45) is 5.41 Å². The molecule has 0 unspecified atom stereocenters. The molecule has 0 spiro atoms. The number of benzene rings is 1. The fourth-order valence-electron chi connectivity index (χ4n) is 4.06. The zero-order chi connectivity index (χ0) is 21.8. The van der Waals surface area contributed by atoms with Gasteiger partial charge in [0.1, 0.15) is 5.69 Å². The molecular weight excluding hydrogens is 408 g/mol. The summed E-state index contributed by atoms with van der Waals surface area (Å²) in [5, 5.41) is 5.14. The van der Waals surface area contributed by atoms with Gasteiger partial charge in [-0.1, -0.05) is 30.3 Å². The average molecular weight is 435 g/mol. The van der Waals surface area contributed by atoms with Crippen molar-refractivity contribution in [1.82, 2.24) is 20.2 Å². The Kier molecular flexibility index (Phi) is 6.13. The molecule has 1 fully saturated rings. The van der Waals surface area contributed by atoms with Gasteiger partial charge < -0.3 is 10.2 Å². The van der Waals surface area contributed by atoms with Gasteiger partial charge in [0.2, 0.25) is 5.91 Å². The number of rotatable bonds is 6. The van der Waals surface area contributed by atoms with Crippen molar-refractivity contribution in [1.29, 1.82) is 0 Å². The van der Waals surface area contributed by atoms with Crippen molar-refractivity contribution in [2.75, 3.05) is 13.1 Å². The van der Waals surface area contributed by atoms with Crippen molar-refractivity contribution in [3.8, 4) is 10.4 Å². The minimum Gasteiger partial charge on any atom is -0.353 e. The van der Waals surface area contributed by atoms with E-state index in [1.807, 2.05) is 19.9 Å². The van der Waals surface area contributed by atoms with Gasteiger partial charge in [-0.05, 0) is 49.3 Å². The lowest BCUT2D eigenvalue weighted by atomic mass is 9.79. The second kappa shape index (κ2) is 8.98. The first-order valence-electron chi connectivity index (χ1n) is 10.5. The van der Waals surface area contributed by atoms with Gasteiger partial charge in [0.25, 0.3) is 5.91 Å². The maximum absolute atomic E-state index is 13.3. The zero-order valence-corrected chi connectivity index (χ0v) is 18.6. The van der Waals surface area contributed by atoms with Crippen LogP contribution >= 0.6 is 11.3 Å². The van der Waals surface area contributed by atoms with E-state index in [4.69, 9.17) is 0 Å². The highest BCUT2D eigenvalue weighted by molar-refractivity contribution is 7.13. The monoisotopic (exact) mass is 434 g/mol. The third-order valence-electron chi connectivity index (χ3n) is 5.63. The summed E-state index contributed by atoms with van der Waals surface area (Å²) < 4.78 is 0. The fraction of sp³-hybridized carbons (Fsp3) is 0.333. The topological polar surface area (TPSA) is 75.2 Å². The van der Waals surface area contributed by atoms with Crippen molar-refractivity contribution >= 4 is 23.2 Å². The molecule has 2 aromatic heterocycles. The lowest BCUT2D eigenvalue weighted by molar-refractivity contribution is -0.130. The quantitative estimate of drug-likeness (QED) is 0.640. The first-order chi connectivity index (χ1) is 15.0. The average Bonchev–Trinajstić information content (AvgIpc) is 3.45. The minimum absolute atomic E-state index is 0.000667. The Morgan fingerprint density at radius 2 is 2.00 bits per heavy atom. The highest BCUT2D eigenvalue weighted by Gasteiger charge is 2.46. The number of hydrogen-bond acceptors (Lipinski definition) is 5. The van der Waals surface area contributed by atoms with Crippen LogP contribution in [0.15, 0.2) is 60.4 Å². The first kappa shape index (κ1) is 21.2. The summed E-state index contributed by atoms with van der Waals surface area (Å²) in [7, 11) is 0. The van der Waals surface area contributed by atoms with Gasteiger partial charge in [-0.3, -0.25) is 14.6 Å². The maximum Gasteiger partial charge on any atom is 0.274 e. The largest absolute Gasteiger partial charge is 0.353 e. The molecule has 1 aliphatic rings. The molecular formula is C24H26N4O2S. The number of amides is 2. The van der Waals surface area contributed by atoms with Crippen LogP contribution in [0.1, 0.15) is 36.3 Å². The molecule has 1 aliphatic heterocycles. The summed E-state index contributed by atoms with van der Waals surface area (Å²) in [4.78, 5) is 37.2. The number of nitrogens with zero attached hydrogens (tertiary/aromatic N) is 3. The molecule has 0 bridgehead atoms. The Morgan fingerprint density at radius 1 is 1.19 bits per heavy atom. The molecule has 6 nitrogen and oxygen atoms in total. The highest BCUT2D eigenvalue weighted by Crippen LogP contribution is 2.36. The van der Waals surface area contributed by atoms with Crippen molar-refractivity contribution < 1.29 is 9.59 Å². The number of likely N-dealkylation sites (tertiary alicyclic amines) is 1.